The summed E-state index contributed by atoms with van der Waals surface area (Å²) in [5.41, 5.74) is 4.52. The highest BCUT2D eigenvalue weighted by atomic mass is 79.9. The summed E-state index contributed by atoms with van der Waals surface area (Å²) in [6.07, 6.45) is 4.76. The number of nitrogens with zero attached hydrogens (tertiary/aromatic N) is 1. The van der Waals surface area contributed by atoms with Gasteiger partial charge < -0.3 is 9.88 Å². The molecule has 1 fully saturated rings. The summed E-state index contributed by atoms with van der Waals surface area (Å²) in [4.78, 5) is 0. The predicted molar refractivity (Wildman–Crippen MR) is 73.6 cm³/mol. The van der Waals surface area contributed by atoms with Crippen LogP contribution in [0.1, 0.15) is 23.5 Å². The zero-order valence-corrected chi connectivity index (χ0v) is 11.3. The van der Waals surface area contributed by atoms with E-state index in [0.717, 1.165) is 19.0 Å². The number of hydrogen-bond donors (Lipinski definition) is 1. The molecule has 0 saturated carbocycles. The summed E-state index contributed by atoms with van der Waals surface area (Å²) < 4.78 is 3.66. The van der Waals surface area contributed by atoms with Crippen LogP contribution in [0.4, 0.5) is 0 Å². The number of benzene rings is 1. The molecule has 3 heterocycles. The first kappa shape index (κ1) is 10.2. The summed E-state index contributed by atoms with van der Waals surface area (Å²) >= 11 is 3.71. The Morgan fingerprint density at radius 1 is 1.29 bits per heavy atom. The van der Waals surface area contributed by atoms with Crippen LogP contribution in [-0.2, 0) is 13.0 Å². The maximum absolute atomic E-state index is 3.71. The van der Waals surface area contributed by atoms with Gasteiger partial charge in [-0.2, -0.15) is 0 Å². The van der Waals surface area contributed by atoms with Gasteiger partial charge in [0.25, 0.3) is 0 Å². The molecule has 0 radical (unpaired) electrons. The van der Waals surface area contributed by atoms with E-state index in [2.05, 4.69) is 44.1 Å². The Labute approximate surface area is 109 Å². The Morgan fingerprint density at radius 2 is 2.18 bits per heavy atom. The predicted octanol–water partition coefficient (Wildman–Crippen LogP) is 3.04. The lowest BCUT2D eigenvalue weighted by Crippen LogP contribution is -2.39. The second-order valence-corrected chi connectivity index (χ2v) is 6.06. The van der Waals surface area contributed by atoms with Crippen molar-refractivity contribution in [3.05, 3.63) is 33.9 Å². The van der Waals surface area contributed by atoms with Crippen LogP contribution in [0.25, 0.3) is 10.9 Å². The molecule has 3 heteroatoms. The van der Waals surface area contributed by atoms with Gasteiger partial charge in [-0.15, -0.1) is 0 Å². The first-order valence-electron chi connectivity index (χ1n) is 6.35. The van der Waals surface area contributed by atoms with Crippen LogP contribution in [0.5, 0.6) is 0 Å². The zero-order valence-electron chi connectivity index (χ0n) is 9.67. The van der Waals surface area contributed by atoms with E-state index in [1.165, 1.54) is 40.3 Å². The van der Waals surface area contributed by atoms with E-state index < -0.39 is 0 Å². The molecule has 1 saturated heterocycles. The monoisotopic (exact) mass is 290 g/mol. The number of halogens is 1. The van der Waals surface area contributed by atoms with Gasteiger partial charge in [0.15, 0.2) is 0 Å². The van der Waals surface area contributed by atoms with E-state index >= 15 is 0 Å². The minimum absolute atomic E-state index is 0.729. The van der Waals surface area contributed by atoms with Crippen molar-refractivity contribution in [1.29, 1.82) is 0 Å². The molecule has 0 unspecified atom stereocenters. The van der Waals surface area contributed by atoms with E-state index in [0.29, 0.717) is 0 Å². The first-order valence-corrected chi connectivity index (χ1v) is 7.14. The van der Waals surface area contributed by atoms with Crippen molar-refractivity contribution in [2.75, 3.05) is 13.1 Å². The van der Waals surface area contributed by atoms with Crippen molar-refractivity contribution in [3.8, 4) is 0 Å². The van der Waals surface area contributed by atoms with Crippen LogP contribution in [0, 0.1) is 0 Å². The second kappa shape index (κ2) is 3.59. The Bertz CT molecular complexity index is 596. The lowest BCUT2D eigenvalue weighted by Gasteiger charge is -2.28. The molecular formula is C14H15BrN2. The molecule has 17 heavy (non-hydrogen) atoms. The van der Waals surface area contributed by atoms with Crippen molar-refractivity contribution in [1.82, 2.24) is 9.88 Å². The van der Waals surface area contributed by atoms with E-state index in [9.17, 15) is 0 Å². The van der Waals surface area contributed by atoms with Gasteiger partial charge in [0.1, 0.15) is 0 Å². The lowest BCUT2D eigenvalue weighted by molar-refractivity contribution is 0.448. The normalized spacial score (nSPS) is 19.6. The average molecular weight is 291 g/mol. The Hall–Kier alpha value is -0.800. The molecule has 1 aromatic heterocycles. The van der Waals surface area contributed by atoms with Crippen LogP contribution in [-0.4, -0.2) is 17.7 Å². The molecule has 2 aliphatic rings. The average Bonchev–Trinajstić information content (AvgIpc) is 2.55. The van der Waals surface area contributed by atoms with Crippen LogP contribution >= 0.6 is 15.9 Å². The molecule has 1 aromatic carbocycles. The van der Waals surface area contributed by atoms with E-state index in [-0.39, 0.29) is 0 Å². The SMILES string of the molecule is Brc1cn2c3c(cc(C4CNC4)cc13)CCC2. The third-order valence-corrected chi connectivity index (χ3v) is 4.75. The van der Waals surface area contributed by atoms with Crippen LogP contribution < -0.4 is 5.32 Å². The number of hydrogen-bond acceptors (Lipinski definition) is 1. The van der Waals surface area contributed by atoms with E-state index in [1.807, 2.05) is 0 Å². The molecule has 0 spiro atoms. The third kappa shape index (κ3) is 1.42. The van der Waals surface area contributed by atoms with Gasteiger partial charge in [-0.05, 0) is 46.0 Å². The van der Waals surface area contributed by atoms with Gasteiger partial charge >= 0.3 is 0 Å². The molecule has 0 atom stereocenters. The number of nitrogens with one attached hydrogen (secondary N) is 1. The van der Waals surface area contributed by atoms with Gasteiger partial charge in [0.05, 0.1) is 5.52 Å². The number of aryl methyl sites for hydroxylation is 2. The fourth-order valence-corrected chi connectivity index (χ4v) is 3.63. The zero-order chi connectivity index (χ0) is 11.4. The van der Waals surface area contributed by atoms with Crippen LogP contribution in [0.2, 0.25) is 0 Å². The van der Waals surface area contributed by atoms with Gasteiger partial charge in [-0.1, -0.05) is 6.07 Å². The molecule has 1 N–H and O–H groups in total. The molecule has 4 rings (SSSR count). The summed E-state index contributed by atoms with van der Waals surface area (Å²) in [5, 5.41) is 4.77. The van der Waals surface area contributed by atoms with Crippen molar-refractivity contribution in [2.24, 2.45) is 0 Å². The molecule has 0 aliphatic carbocycles. The highest BCUT2D eigenvalue weighted by Gasteiger charge is 2.23. The van der Waals surface area contributed by atoms with Crippen molar-refractivity contribution < 1.29 is 0 Å². The Kier molecular flexibility index (Phi) is 2.15. The molecule has 0 amide bonds. The van der Waals surface area contributed by atoms with Gasteiger partial charge in [0.2, 0.25) is 0 Å². The summed E-state index contributed by atoms with van der Waals surface area (Å²) in [6, 6.07) is 4.83. The summed E-state index contributed by atoms with van der Waals surface area (Å²) in [5.74, 6) is 0.729. The molecule has 2 aliphatic heterocycles. The smallest absolute Gasteiger partial charge is 0.0524 e. The Balaban J connectivity index is 1.99. The van der Waals surface area contributed by atoms with E-state index in [1.54, 1.807) is 5.56 Å². The van der Waals surface area contributed by atoms with Crippen molar-refractivity contribution in [3.63, 3.8) is 0 Å². The quantitative estimate of drug-likeness (QED) is 0.854. The fraction of sp³-hybridized carbons (Fsp3) is 0.429. The molecule has 0 bridgehead atoms. The molecular weight excluding hydrogens is 276 g/mol. The first-order chi connectivity index (χ1) is 8.33. The molecule has 2 nitrogen and oxygen atoms in total. The molecule has 2 aromatic rings. The third-order valence-electron chi connectivity index (χ3n) is 4.12. The van der Waals surface area contributed by atoms with Gasteiger partial charge in [-0.3, -0.25) is 0 Å². The fourth-order valence-electron chi connectivity index (χ4n) is 3.08. The topological polar surface area (TPSA) is 17.0 Å². The summed E-state index contributed by atoms with van der Waals surface area (Å²) in [7, 11) is 0. The van der Waals surface area contributed by atoms with E-state index in [4.69, 9.17) is 0 Å². The molecule has 88 valence electrons. The van der Waals surface area contributed by atoms with Gasteiger partial charge in [0, 0.05) is 41.6 Å². The standard InChI is InChI=1S/C14H15BrN2/c15-13-8-17-3-1-2-9-4-10(11-6-16-7-11)5-12(13)14(9)17/h4-5,8,11,16H,1-3,6-7H2. The largest absolute Gasteiger partial charge is 0.346 e. The Morgan fingerprint density at radius 3 is 2.94 bits per heavy atom. The highest BCUT2D eigenvalue weighted by Crippen LogP contribution is 2.35. The second-order valence-electron chi connectivity index (χ2n) is 5.21. The van der Waals surface area contributed by atoms with Crippen LogP contribution in [0.15, 0.2) is 22.8 Å². The maximum Gasteiger partial charge on any atom is 0.0524 e. The summed E-state index contributed by atoms with van der Waals surface area (Å²) in [6.45, 7) is 3.45. The maximum atomic E-state index is 3.71. The van der Waals surface area contributed by atoms with Crippen LogP contribution in [0.3, 0.4) is 0 Å². The number of rotatable bonds is 1. The lowest BCUT2D eigenvalue weighted by atomic mass is 9.90. The minimum atomic E-state index is 0.729. The number of aromatic nitrogens is 1. The van der Waals surface area contributed by atoms with Crippen molar-refractivity contribution >= 4 is 26.8 Å². The minimum Gasteiger partial charge on any atom is -0.346 e. The van der Waals surface area contributed by atoms with Crippen molar-refractivity contribution in [2.45, 2.75) is 25.3 Å². The highest BCUT2D eigenvalue weighted by molar-refractivity contribution is 9.10. The van der Waals surface area contributed by atoms with Gasteiger partial charge in [-0.25, -0.2) is 0 Å².